The number of nitrogens with two attached hydrogens (primary N) is 1. The molecule has 17 heavy (non-hydrogen) atoms. The maximum atomic E-state index is 11.7. The molecule has 1 amide bonds. The van der Waals surface area contributed by atoms with Gasteiger partial charge < -0.3 is 16.3 Å². The molecule has 1 unspecified atom stereocenters. The molecule has 1 aromatic rings. The molecule has 0 bridgehead atoms. The predicted octanol–water partition coefficient (Wildman–Crippen LogP) is 2.08. The molecule has 0 spiro atoms. The standard InChI is InChI=1S/C11H14BrN3O2/c1-6-3-8(12)5-9(4-6)14-11(16)7(2)10(13)15-17/h3-5,7,17H,1-2H3,(H2,13,15)(H,14,16). The van der Waals surface area contributed by atoms with E-state index in [0.29, 0.717) is 5.69 Å². The van der Waals surface area contributed by atoms with Crippen LogP contribution in [0.2, 0.25) is 0 Å². The van der Waals surface area contributed by atoms with Crippen LogP contribution >= 0.6 is 15.9 Å². The summed E-state index contributed by atoms with van der Waals surface area (Å²) in [5, 5.41) is 14.0. The van der Waals surface area contributed by atoms with Gasteiger partial charge in [-0.3, -0.25) is 4.79 Å². The zero-order valence-corrected chi connectivity index (χ0v) is 11.2. The Bertz CT molecular complexity index is 440. The maximum absolute atomic E-state index is 11.7. The molecule has 0 aliphatic heterocycles. The minimum atomic E-state index is -0.681. The quantitative estimate of drug-likeness (QED) is 0.345. The second-order valence-corrected chi connectivity index (χ2v) is 4.67. The van der Waals surface area contributed by atoms with Crippen molar-refractivity contribution in [3.8, 4) is 0 Å². The zero-order chi connectivity index (χ0) is 13.0. The first-order chi connectivity index (χ1) is 7.93. The van der Waals surface area contributed by atoms with E-state index in [-0.39, 0.29) is 11.7 Å². The van der Waals surface area contributed by atoms with E-state index < -0.39 is 5.92 Å². The van der Waals surface area contributed by atoms with Gasteiger partial charge in [0.15, 0.2) is 5.84 Å². The number of halogens is 1. The van der Waals surface area contributed by atoms with Crippen LogP contribution in [0, 0.1) is 12.8 Å². The van der Waals surface area contributed by atoms with Crippen molar-refractivity contribution < 1.29 is 10.0 Å². The maximum Gasteiger partial charge on any atom is 0.234 e. The van der Waals surface area contributed by atoms with Crippen molar-refractivity contribution in [3.05, 3.63) is 28.2 Å². The third-order valence-electron chi connectivity index (χ3n) is 2.26. The highest BCUT2D eigenvalue weighted by atomic mass is 79.9. The molecule has 1 aromatic carbocycles. The Kier molecular flexibility index (Phi) is 4.51. The number of rotatable bonds is 3. The Morgan fingerprint density at radius 2 is 2.18 bits per heavy atom. The Balaban J connectivity index is 2.81. The summed E-state index contributed by atoms with van der Waals surface area (Å²) in [4.78, 5) is 11.7. The number of hydrogen-bond acceptors (Lipinski definition) is 3. The second kappa shape index (κ2) is 5.67. The lowest BCUT2D eigenvalue weighted by atomic mass is 10.1. The van der Waals surface area contributed by atoms with Crippen LogP contribution in [0.5, 0.6) is 0 Å². The third kappa shape index (κ3) is 3.74. The smallest absolute Gasteiger partial charge is 0.234 e. The summed E-state index contributed by atoms with van der Waals surface area (Å²) < 4.78 is 0.879. The van der Waals surface area contributed by atoms with Gasteiger partial charge >= 0.3 is 0 Å². The first kappa shape index (κ1) is 13.5. The highest BCUT2D eigenvalue weighted by Gasteiger charge is 2.17. The number of carbonyl (C=O) groups excluding carboxylic acids is 1. The molecule has 0 aliphatic rings. The van der Waals surface area contributed by atoms with Gasteiger partial charge in [-0.1, -0.05) is 21.1 Å². The largest absolute Gasteiger partial charge is 0.409 e. The average Bonchev–Trinajstić information content (AvgIpc) is 2.25. The van der Waals surface area contributed by atoms with Crippen molar-refractivity contribution in [2.75, 3.05) is 5.32 Å². The molecule has 0 radical (unpaired) electrons. The fourth-order valence-electron chi connectivity index (χ4n) is 1.28. The third-order valence-corrected chi connectivity index (χ3v) is 2.72. The summed E-state index contributed by atoms with van der Waals surface area (Å²) in [7, 11) is 0. The summed E-state index contributed by atoms with van der Waals surface area (Å²) >= 11 is 3.34. The normalized spacial score (nSPS) is 13.2. The van der Waals surface area contributed by atoms with Crippen LogP contribution in [0.3, 0.4) is 0 Å². The Morgan fingerprint density at radius 3 is 2.71 bits per heavy atom. The van der Waals surface area contributed by atoms with Gasteiger partial charge in [0.2, 0.25) is 5.91 Å². The summed E-state index contributed by atoms with van der Waals surface area (Å²) in [6.07, 6.45) is 0. The van der Waals surface area contributed by atoms with Crippen LogP contribution in [0.25, 0.3) is 0 Å². The van der Waals surface area contributed by atoms with Gasteiger partial charge in [0.05, 0.1) is 5.92 Å². The lowest BCUT2D eigenvalue weighted by Crippen LogP contribution is -2.32. The van der Waals surface area contributed by atoms with Crippen LogP contribution in [0.1, 0.15) is 12.5 Å². The highest BCUT2D eigenvalue weighted by molar-refractivity contribution is 9.10. The molecule has 92 valence electrons. The number of oxime groups is 1. The van der Waals surface area contributed by atoms with E-state index in [4.69, 9.17) is 10.9 Å². The van der Waals surface area contributed by atoms with Crippen LogP contribution in [-0.4, -0.2) is 17.0 Å². The van der Waals surface area contributed by atoms with E-state index in [1.165, 1.54) is 0 Å². The minimum Gasteiger partial charge on any atom is -0.409 e. The number of amides is 1. The number of aryl methyl sites for hydroxylation is 1. The lowest BCUT2D eigenvalue weighted by Gasteiger charge is -2.11. The van der Waals surface area contributed by atoms with Crippen molar-refractivity contribution in [1.82, 2.24) is 0 Å². The second-order valence-electron chi connectivity index (χ2n) is 3.75. The van der Waals surface area contributed by atoms with Crippen LogP contribution < -0.4 is 11.1 Å². The molecule has 0 aromatic heterocycles. The van der Waals surface area contributed by atoms with Crippen LogP contribution in [-0.2, 0) is 4.79 Å². The summed E-state index contributed by atoms with van der Waals surface area (Å²) in [6.45, 7) is 3.49. The first-order valence-electron chi connectivity index (χ1n) is 4.99. The number of anilines is 1. The highest BCUT2D eigenvalue weighted by Crippen LogP contribution is 2.19. The average molecular weight is 300 g/mol. The SMILES string of the molecule is Cc1cc(Br)cc(NC(=O)C(C)/C(N)=N/O)c1. The van der Waals surface area contributed by atoms with Crippen molar-refractivity contribution >= 4 is 33.4 Å². The molecule has 6 heteroatoms. The molecule has 0 fully saturated rings. The number of nitrogens with zero attached hydrogens (tertiary/aromatic N) is 1. The molecule has 0 saturated heterocycles. The molecule has 0 saturated carbocycles. The zero-order valence-electron chi connectivity index (χ0n) is 9.57. The van der Waals surface area contributed by atoms with E-state index in [2.05, 4.69) is 26.4 Å². The van der Waals surface area contributed by atoms with Gasteiger partial charge in [0.1, 0.15) is 0 Å². The van der Waals surface area contributed by atoms with Gasteiger partial charge in [-0.2, -0.15) is 0 Å². The molecule has 1 atom stereocenters. The Hall–Kier alpha value is -1.56. The number of benzene rings is 1. The van der Waals surface area contributed by atoms with Gasteiger partial charge in [0.25, 0.3) is 0 Å². The summed E-state index contributed by atoms with van der Waals surface area (Å²) in [5.74, 6) is -1.12. The van der Waals surface area contributed by atoms with Crippen molar-refractivity contribution in [2.24, 2.45) is 16.8 Å². The number of nitrogens with one attached hydrogen (secondary N) is 1. The minimum absolute atomic E-state index is 0.116. The molecular formula is C11H14BrN3O2. The van der Waals surface area contributed by atoms with Gasteiger partial charge in [-0.05, 0) is 37.6 Å². The van der Waals surface area contributed by atoms with Gasteiger partial charge in [-0.15, -0.1) is 0 Å². The predicted molar refractivity (Wildman–Crippen MR) is 70.1 cm³/mol. The molecule has 4 N–H and O–H groups in total. The van der Waals surface area contributed by atoms with Gasteiger partial charge in [0, 0.05) is 10.2 Å². The number of hydrogen-bond donors (Lipinski definition) is 3. The fraction of sp³-hybridized carbons (Fsp3) is 0.273. The first-order valence-corrected chi connectivity index (χ1v) is 5.79. The summed E-state index contributed by atoms with van der Waals surface area (Å²) in [6, 6.07) is 5.55. The lowest BCUT2D eigenvalue weighted by molar-refractivity contribution is -0.117. The van der Waals surface area contributed by atoms with Gasteiger partial charge in [-0.25, -0.2) is 0 Å². The molecule has 0 heterocycles. The summed E-state index contributed by atoms with van der Waals surface area (Å²) in [5.41, 5.74) is 7.05. The molecular weight excluding hydrogens is 286 g/mol. The van der Waals surface area contributed by atoms with Crippen molar-refractivity contribution in [3.63, 3.8) is 0 Å². The van der Waals surface area contributed by atoms with E-state index in [0.717, 1.165) is 10.0 Å². The molecule has 5 nitrogen and oxygen atoms in total. The fourth-order valence-corrected chi connectivity index (χ4v) is 1.89. The van der Waals surface area contributed by atoms with Crippen LogP contribution in [0.4, 0.5) is 5.69 Å². The van der Waals surface area contributed by atoms with Crippen LogP contribution in [0.15, 0.2) is 27.8 Å². The van der Waals surface area contributed by atoms with E-state index in [1.54, 1.807) is 13.0 Å². The number of amidine groups is 1. The van der Waals surface area contributed by atoms with E-state index >= 15 is 0 Å². The van der Waals surface area contributed by atoms with Crippen molar-refractivity contribution in [1.29, 1.82) is 0 Å². The Morgan fingerprint density at radius 1 is 1.53 bits per heavy atom. The number of carbonyl (C=O) groups is 1. The van der Waals surface area contributed by atoms with Crippen molar-refractivity contribution in [2.45, 2.75) is 13.8 Å². The monoisotopic (exact) mass is 299 g/mol. The van der Waals surface area contributed by atoms with E-state index in [9.17, 15) is 4.79 Å². The Labute approximate surface area is 108 Å². The molecule has 1 rings (SSSR count). The topological polar surface area (TPSA) is 87.7 Å². The van der Waals surface area contributed by atoms with E-state index in [1.807, 2.05) is 19.1 Å². The molecule has 0 aliphatic carbocycles.